The summed E-state index contributed by atoms with van der Waals surface area (Å²) in [5.74, 6) is 0.167. The quantitative estimate of drug-likeness (QED) is 0.559. The van der Waals surface area contributed by atoms with Crippen molar-refractivity contribution in [3.05, 3.63) is 76.9 Å². The van der Waals surface area contributed by atoms with Gasteiger partial charge in [0.15, 0.2) is 5.16 Å². The van der Waals surface area contributed by atoms with Crippen molar-refractivity contribution in [2.75, 3.05) is 0 Å². The molecule has 0 radical (unpaired) electrons. The van der Waals surface area contributed by atoms with Crippen LogP contribution in [0.15, 0.2) is 64.8 Å². The second kappa shape index (κ2) is 6.72. The zero-order chi connectivity index (χ0) is 18.1. The number of hydrogen-bond acceptors (Lipinski definition) is 5. The van der Waals surface area contributed by atoms with E-state index in [0.29, 0.717) is 27.6 Å². The fraction of sp³-hybridized carbons (Fsp3) is 0.111. The minimum atomic E-state index is -0.362. The average Bonchev–Trinajstić information content (AvgIpc) is 3.10. The van der Waals surface area contributed by atoms with Crippen molar-refractivity contribution in [3.63, 3.8) is 0 Å². The van der Waals surface area contributed by atoms with E-state index in [1.165, 1.54) is 24.2 Å². The van der Waals surface area contributed by atoms with Crippen molar-refractivity contribution >= 4 is 22.7 Å². The molecule has 130 valence electrons. The summed E-state index contributed by atoms with van der Waals surface area (Å²) in [5, 5.41) is 8.81. The smallest absolute Gasteiger partial charge is 0.258 e. The Morgan fingerprint density at radius 2 is 1.92 bits per heavy atom. The second-order valence-corrected chi connectivity index (χ2v) is 6.97. The van der Waals surface area contributed by atoms with Gasteiger partial charge in [-0.25, -0.2) is 9.37 Å². The highest BCUT2D eigenvalue weighted by Gasteiger charge is 2.17. The van der Waals surface area contributed by atoms with Gasteiger partial charge in [0.05, 0.1) is 21.8 Å². The van der Waals surface area contributed by atoms with Crippen molar-refractivity contribution in [3.8, 4) is 5.69 Å². The molecule has 0 spiro atoms. The van der Waals surface area contributed by atoms with Crippen molar-refractivity contribution in [1.29, 1.82) is 0 Å². The molecule has 2 aromatic heterocycles. The summed E-state index contributed by atoms with van der Waals surface area (Å²) in [6.07, 6.45) is 1.46. The third-order valence-corrected chi connectivity index (χ3v) is 4.99. The first-order valence-electron chi connectivity index (χ1n) is 7.94. The number of aromatic amines is 1. The molecule has 0 aliphatic carbocycles. The SMILES string of the molecule is CC(Sc1nncn1-c1ccccc1F)c1nc2ccccc2c(=O)[nH]1. The number of fused-ring (bicyclic) bond motifs is 1. The molecule has 6 nitrogen and oxygen atoms in total. The fourth-order valence-corrected chi connectivity index (χ4v) is 3.52. The van der Waals surface area contributed by atoms with Crippen LogP contribution in [0.4, 0.5) is 4.39 Å². The topological polar surface area (TPSA) is 76.5 Å². The lowest BCUT2D eigenvalue weighted by Gasteiger charge is -2.12. The van der Waals surface area contributed by atoms with E-state index in [4.69, 9.17) is 0 Å². The first-order chi connectivity index (χ1) is 12.6. The summed E-state index contributed by atoms with van der Waals surface area (Å²) in [7, 11) is 0. The van der Waals surface area contributed by atoms with Crippen LogP contribution in [0, 0.1) is 5.82 Å². The zero-order valence-corrected chi connectivity index (χ0v) is 14.6. The van der Waals surface area contributed by atoms with Crippen molar-refractivity contribution < 1.29 is 4.39 Å². The van der Waals surface area contributed by atoms with Crippen molar-refractivity contribution in [2.45, 2.75) is 17.3 Å². The fourth-order valence-electron chi connectivity index (χ4n) is 2.63. The van der Waals surface area contributed by atoms with Crippen LogP contribution < -0.4 is 5.56 Å². The molecule has 1 atom stereocenters. The highest BCUT2D eigenvalue weighted by molar-refractivity contribution is 7.99. The largest absolute Gasteiger partial charge is 0.309 e. The lowest BCUT2D eigenvalue weighted by molar-refractivity contribution is 0.613. The van der Waals surface area contributed by atoms with Crippen LogP contribution in [-0.2, 0) is 0 Å². The van der Waals surface area contributed by atoms with Crippen LogP contribution in [0.3, 0.4) is 0 Å². The van der Waals surface area contributed by atoms with E-state index in [1.807, 2.05) is 13.0 Å². The highest BCUT2D eigenvalue weighted by atomic mass is 32.2. The molecule has 2 heterocycles. The van der Waals surface area contributed by atoms with Gasteiger partial charge < -0.3 is 4.98 Å². The molecule has 4 rings (SSSR count). The molecule has 1 N–H and O–H groups in total. The number of H-pyrrole nitrogens is 1. The molecule has 0 amide bonds. The van der Waals surface area contributed by atoms with Crippen molar-refractivity contribution in [1.82, 2.24) is 24.7 Å². The summed E-state index contributed by atoms with van der Waals surface area (Å²) < 4.78 is 15.7. The Morgan fingerprint density at radius 3 is 2.77 bits per heavy atom. The van der Waals surface area contributed by atoms with E-state index in [-0.39, 0.29) is 16.6 Å². The number of aromatic nitrogens is 5. The molecule has 0 aliphatic heterocycles. The highest BCUT2D eigenvalue weighted by Crippen LogP contribution is 2.33. The van der Waals surface area contributed by atoms with Crippen LogP contribution in [0.1, 0.15) is 18.0 Å². The van der Waals surface area contributed by atoms with Gasteiger partial charge in [0.2, 0.25) is 0 Å². The lowest BCUT2D eigenvalue weighted by Crippen LogP contribution is -2.13. The van der Waals surface area contributed by atoms with Gasteiger partial charge in [0.1, 0.15) is 18.0 Å². The van der Waals surface area contributed by atoms with E-state index >= 15 is 0 Å². The van der Waals surface area contributed by atoms with E-state index in [2.05, 4.69) is 20.2 Å². The number of hydrogen-bond donors (Lipinski definition) is 1. The minimum absolute atomic E-state index is 0.186. The van der Waals surface area contributed by atoms with Crippen molar-refractivity contribution in [2.24, 2.45) is 0 Å². The van der Waals surface area contributed by atoms with Gasteiger partial charge in [-0.2, -0.15) is 0 Å². The van der Waals surface area contributed by atoms with E-state index in [1.54, 1.807) is 41.0 Å². The Balaban J connectivity index is 1.68. The molecule has 1 unspecified atom stereocenters. The Hall–Kier alpha value is -3.00. The van der Waals surface area contributed by atoms with Crippen LogP contribution in [0.2, 0.25) is 0 Å². The molecule has 0 bridgehead atoms. The summed E-state index contributed by atoms with van der Waals surface area (Å²) in [5.41, 5.74) is 0.815. The normalized spacial score (nSPS) is 12.4. The van der Waals surface area contributed by atoms with Gasteiger partial charge in [-0.3, -0.25) is 9.36 Å². The summed E-state index contributed by atoms with van der Waals surface area (Å²) in [4.78, 5) is 19.6. The number of thioether (sulfide) groups is 1. The zero-order valence-electron chi connectivity index (χ0n) is 13.8. The van der Waals surface area contributed by atoms with Crippen LogP contribution in [0.5, 0.6) is 0 Å². The van der Waals surface area contributed by atoms with Gasteiger partial charge in [-0.1, -0.05) is 36.0 Å². The summed E-state index contributed by atoms with van der Waals surface area (Å²) >= 11 is 1.34. The standard InChI is InChI=1S/C18H14FN5OS/c1-11(16-21-14-8-4-2-6-12(14)17(25)22-16)26-18-23-20-10-24(18)15-9-5-3-7-13(15)19/h2-11H,1H3,(H,21,22,25). The molecule has 0 saturated carbocycles. The number of para-hydroxylation sites is 2. The molecule has 4 aromatic rings. The molecule has 0 saturated heterocycles. The third-order valence-electron chi connectivity index (χ3n) is 3.93. The summed E-state index contributed by atoms with van der Waals surface area (Å²) in [6, 6.07) is 13.6. The van der Waals surface area contributed by atoms with E-state index in [9.17, 15) is 9.18 Å². The van der Waals surface area contributed by atoms with Gasteiger partial charge in [-0.05, 0) is 31.2 Å². The predicted octanol–water partition coefficient (Wildman–Crippen LogP) is 3.50. The van der Waals surface area contributed by atoms with Gasteiger partial charge in [-0.15, -0.1) is 10.2 Å². The predicted molar refractivity (Wildman–Crippen MR) is 98.0 cm³/mol. The molecule has 8 heteroatoms. The monoisotopic (exact) mass is 367 g/mol. The molecule has 2 aromatic carbocycles. The third kappa shape index (κ3) is 2.99. The maximum absolute atomic E-state index is 14.1. The number of nitrogens with one attached hydrogen (secondary N) is 1. The van der Waals surface area contributed by atoms with Gasteiger partial charge >= 0.3 is 0 Å². The number of halogens is 1. The summed E-state index contributed by atoms with van der Waals surface area (Å²) in [6.45, 7) is 1.90. The van der Waals surface area contributed by atoms with Gasteiger partial charge in [0, 0.05) is 0 Å². The lowest BCUT2D eigenvalue weighted by atomic mass is 10.2. The second-order valence-electron chi connectivity index (χ2n) is 5.66. The van der Waals surface area contributed by atoms with Crippen LogP contribution >= 0.6 is 11.8 Å². The maximum atomic E-state index is 14.1. The Labute approximate surface area is 152 Å². The van der Waals surface area contributed by atoms with E-state index < -0.39 is 0 Å². The van der Waals surface area contributed by atoms with Gasteiger partial charge in [0.25, 0.3) is 5.56 Å². The molecule has 0 aliphatic rings. The molecule has 26 heavy (non-hydrogen) atoms. The van der Waals surface area contributed by atoms with Crippen LogP contribution in [-0.4, -0.2) is 24.7 Å². The molecular formula is C18H14FN5OS. The molecular weight excluding hydrogens is 353 g/mol. The maximum Gasteiger partial charge on any atom is 0.258 e. The number of benzene rings is 2. The Kier molecular flexibility index (Phi) is 4.26. The first-order valence-corrected chi connectivity index (χ1v) is 8.82. The minimum Gasteiger partial charge on any atom is -0.309 e. The first kappa shape index (κ1) is 16.5. The molecule has 0 fully saturated rings. The average molecular weight is 367 g/mol. The van der Waals surface area contributed by atoms with Crippen LogP contribution in [0.25, 0.3) is 16.6 Å². The van der Waals surface area contributed by atoms with E-state index in [0.717, 1.165) is 0 Å². The number of nitrogens with zero attached hydrogens (tertiary/aromatic N) is 4. The Morgan fingerprint density at radius 1 is 1.15 bits per heavy atom. The number of rotatable bonds is 4. The Bertz CT molecular complexity index is 1140.